The smallest absolute Gasteiger partial charge is 0.244 e. The molecule has 1 atom stereocenters. The summed E-state index contributed by atoms with van der Waals surface area (Å²) in [5, 5.41) is 2.91. The van der Waals surface area contributed by atoms with Gasteiger partial charge in [0, 0.05) is 31.4 Å². The van der Waals surface area contributed by atoms with Crippen molar-refractivity contribution in [3.63, 3.8) is 0 Å². The molecule has 1 aliphatic heterocycles. The van der Waals surface area contributed by atoms with Crippen molar-refractivity contribution in [2.45, 2.75) is 39.2 Å². The molecule has 28 heavy (non-hydrogen) atoms. The molecule has 1 N–H and O–H groups in total. The van der Waals surface area contributed by atoms with Gasteiger partial charge >= 0.3 is 0 Å². The Labute approximate surface area is 167 Å². The fourth-order valence-corrected chi connectivity index (χ4v) is 3.70. The van der Waals surface area contributed by atoms with Crippen LogP contribution in [0.4, 0.5) is 11.4 Å². The topological polar surface area (TPSA) is 52.7 Å². The standard InChI is InChI=1S/C23H29N3O2/c1-18(20-9-5-3-6-10-20)26(19(2)27)17-23(28)24-21-11-13-22(14-12-21)25-15-7-4-8-16-25/h3,5-6,9-14,18H,4,7-8,15-17H2,1-2H3,(H,24,28). The first-order valence-corrected chi connectivity index (χ1v) is 10.0. The van der Waals surface area contributed by atoms with Gasteiger partial charge in [-0.1, -0.05) is 30.3 Å². The highest BCUT2D eigenvalue weighted by Gasteiger charge is 2.21. The first-order valence-electron chi connectivity index (χ1n) is 10.0. The summed E-state index contributed by atoms with van der Waals surface area (Å²) in [6, 6.07) is 17.6. The predicted octanol–water partition coefficient (Wildman–Crippen LogP) is 4.23. The number of benzene rings is 2. The van der Waals surface area contributed by atoms with Crippen LogP contribution in [0, 0.1) is 0 Å². The van der Waals surface area contributed by atoms with E-state index in [2.05, 4.69) is 22.3 Å². The maximum atomic E-state index is 12.5. The molecule has 2 aromatic carbocycles. The van der Waals surface area contributed by atoms with Crippen LogP contribution >= 0.6 is 0 Å². The Morgan fingerprint density at radius 3 is 2.25 bits per heavy atom. The molecule has 5 heteroatoms. The second-order valence-corrected chi connectivity index (χ2v) is 7.38. The third kappa shape index (κ3) is 5.12. The molecule has 2 amide bonds. The van der Waals surface area contributed by atoms with Crippen molar-refractivity contribution in [3.05, 3.63) is 60.2 Å². The molecule has 1 aliphatic rings. The summed E-state index contributed by atoms with van der Waals surface area (Å²) in [5.74, 6) is -0.310. The summed E-state index contributed by atoms with van der Waals surface area (Å²) >= 11 is 0. The number of nitrogens with one attached hydrogen (secondary N) is 1. The second-order valence-electron chi connectivity index (χ2n) is 7.38. The molecule has 1 fully saturated rings. The van der Waals surface area contributed by atoms with E-state index in [1.807, 2.05) is 49.4 Å². The first kappa shape index (κ1) is 19.9. The second kappa shape index (κ2) is 9.40. The van der Waals surface area contributed by atoms with Crippen LogP contribution in [0.1, 0.15) is 44.7 Å². The number of nitrogens with zero attached hydrogens (tertiary/aromatic N) is 2. The number of hydrogen-bond acceptors (Lipinski definition) is 3. The molecule has 0 aliphatic carbocycles. The zero-order valence-corrected chi connectivity index (χ0v) is 16.7. The number of carbonyl (C=O) groups excluding carboxylic acids is 2. The Balaban J connectivity index is 1.60. The van der Waals surface area contributed by atoms with Crippen molar-refractivity contribution in [2.75, 3.05) is 29.9 Å². The lowest BCUT2D eigenvalue weighted by Gasteiger charge is -2.29. The van der Waals surface area contributed by atoms with Gasteiger partial charge in [0.2, 0.25) is 11.8 Å². The van der Waals surface area contributed by atoms with Gasteiger partial charge in [-0.15, -0.1) is 0 Å². The van der Waals surface area contributed by atoms with E-state index in [1.54, 1.807) is 4.90 Å². The Bertz CT molecular complexity index is 783. The lowest BCUT2D eigenvalue weighted by atomic mass is 10.1. The summed E-state index contributed by atoms with van der Waals surface area (Å²) in [6.07, 6.45) is 3.77. The molecule has 148 valence electrons. The summed E-state index contributed by atoms with van der Waals surface area (Å²) in [5.41, 5.74) is 2.96. The van der Waals surface area contributed by atoms with Gasteiger partial charge in [0.15, 0.2) is 0 Å². The van der Waals surface area contributed by atoms with Gasteiger partial charge in [-0.05, 0) is 56.0 Å². The van der Waals surface area contributed by atoms with E-state index < -0.39 is 0 Å². The fourth-order valence-electron chi connectivity index (χ4n) is 3.70. The highest BCUT2D eigenvalue weighted by atomic mass is 16.2. The van der Waals surface area contributed by atoms with E-state index in [0.29, 0.717) is 0 Å². The largest absolute Gasteiger partial charge is 0.372 e. The lowest BCUT2D eigenvalue weighted by molar-refractivity contribution is -0.134. The highest BCUT2D eigenvalue weighted by molar-refractivity contribution is 5.94. The minimum absolute atomic E-state index is 0.0271. The Morgan fingerprint density at radius 2 is 1.64 bits per heavy atom. The van der Waals surface area contributed by atoms with Gasteiger partial charge in [-0.2, -0.15) is 0 Å². The fraction of sp³-hybridized carbons (Fsp3) is 0.391. The number of carbonyl (C=O) groups is 2. The van der Waals surface area contributed by atoms with E-state index in [-0.39, 0.29) is 24.4 Å². The van der Waals surface area contributed by atoms with Crippen molar-refractivity contribution < 1.29 is 9.59 Å². The van der Waals surface area contributed by atoms with Gasteiger partial charge in [0.05, 0.1) is 6.04 Å². The maximum Gasteiger partial charge on any atom is 0.244 e. The van der Waals surface area contributed by atoms with Crippen LogP contribution in [-0.2, 0) is 9.59 Å². The maximum absolute atomic E-state index is 12.5. The van der Waals surface area contributed by atoms with Crippen molar-refractivity contribution >= 4 is 23.2 Å². The molecule has 1 unspecified atom stereocenters. The molecule has 0 saturated carbocycles. The third-order valence-electron chi connectivity index (χ3n) is 5.34. The Kier molecular flexibility index (Phi) is 6.69. The van der Waals surface area contributed by atoms with Crippen LogP contribution < -0.4 is 10.2 Å². The van der Waals surface area contributed by atoms with E-state index in [9.17, 15) is 9.59 Å². The molecule has 0 aromatic heterocycles. The van der Waals surface area contributed by atoms with E-state index in [1.165, 1.54) is 31.9 Å². The third-order valence-corrected chi connectivity index (χ3v) is 5.34. The van der Waals surface area contributed by atoms with Gasteiger partial charge in [0.25, 0.3) is 0 Å². The van der Waals surface area contributed by atoms with Crippen LogP contribution in [0.25, 0.3) is 0 Å². The lowest BCUT2D eigenvalue weighted by Crippen LogP contribution is -2.38. The molecule has 0 bridgehead atoms. The monoisotopic (exact) mass is 379 g/mol. The number of rotatable bonds is 6. The minimum Gasteiger partial charge on any atom is -0.372 e. The van der Waals surface area contributed by atoms with Crippen LogP contribution in [0.5, 0.6) is 0 Å². The molecular formula is C23H29N3O2. The average Bonchev–Trinajstić information content (AvgIpc) is 2.73. The number of hydrogen-bond donors (Lipinski definition) is 1. The highest BCUT2D eigenvalue weighted by Crippen LogP contribution is 2.23. The summed E-state index contributed by atoms with van der Waals surface area (Å²) in [6.45, 7) is 5.66. The molecule has 1 heterocycles. The summed E-state index contributed by atoms with van der Waals surface area (Å²) in [4.78, 5) is 28.6. The number of piperidine rings is 1. The number of anilines is 2. The Morgan fingerprint density at radius 1 is 1.00 bits per heavy atom. The zero-order chi connectivity index (χ0) is 19.9. The van der Waals surface area contributed by atoms with E-state index >= 15 is 0 Å². The van der Waals surface area contributed by atoms with Crippen molar-refractivity contribution in [2.24, 2.45) is 0 Å². The van der Waals surface area contributed by atoms with E-state index in [4.69, 9.17) is 0 Å². The first-order chi connectivity index (χ1) is 13.5. The summed E-state index contributed by atoms with van der Waals surface area (Å²) < 4.78 is 0. The number of amides is 2. The molecule has 5 nitrogen and oxygen atoms in total. The van der Waals surface area contributed by atoms with Gasteiger partial charge in [-0.3, -0.25) is 9.59 Å². The van der Waals surface area contributed by atoms with Crippen molar-refractivity contribution in [1.82, 2.24) is 4.90 Å². The van der Waals surface area contributed by atoms with E-state index in [0.717, 1.165) is 24.3 Å². The summed E-state index contributed by atoms with van der Waals surface area (Å²) in [7, 11) is 0. The van der Waals surface area contributed by atoms with Crippen LogP contribution in [-0.4, -0.2) is 36.3 Å². The van der Waals surface area contributed by atoms with Gasteiger partial charge in [-0.25, -0.2) is 0 Å². The zero-order valence-electron chi connectivity index (χ0n) is 16.7. The van der Waals surface area contributed by atoms with Crippen molar-refractivity contribution in [1.29, 1.82) is 0 Å². The van der Waals surface area contributed by atoms with Crippen molar-refractivity contribution in [3.8, 4) is 0 Å². The van der Waals surface area contributed by atoms with Crippen LogP contribution in [0.2, 0.25) is 0 Å². The quantitative estimate of drug-likeness (QED) is 0.817. The minimum atomic E-state index is -0.191. The van der Waals surface area contributed by atoms with Crippen LogP contribution in [0.3, 0.4) is 0 Å². The molecule has 2 aromatic rings. The van der Waals surface area contributed by atoms with Crippen LogP contribution in [0.15, 0.2) is 54.6 Å². The Hall–Kier alpha value is -2.82. The SMILES string of the molecule is CC(=O)N(CC(=O)Nc1ccc(N2CCCCC2)cc1)C(C)c1ccccc1. The average molecular weight is 380 g/mol. The van der Waals surface area contributed by atoms with Gasteiger partial charge in [0.1, 0.15) is 6.54 Å². The predicted molar refractivity (Wildman–Crippen MR) is 113 cm³/mol. The molecule has 0 radical (unpaired) electrons. The molecule has 3 rings (SSSR count). The molecule has 0 spiro atoms. The van der Waals surface area contributed by atoms with Gasteiger partial charge < -0.3 is 15.1 Å². The molecular weight excluding hydrogens is 350 g/mol. The molecule has 1 saturated heterocycles. The normalized spacial score (nSPS) is 15.0.